The summed E-state index contributed by atoms with van der Waals surface area (Å²) in [6.45, 7) is 5.83. The molecule has 1 saturated heterocycles. The summed E-state index contributed by atoms with van der Waals surface area (Å²) in [5.74, 6) is -0.461. The summed E-state index contributed by atoms with van der Waals surface area (Å²) >= 11 is 0. The number of benzene rings is 1. The van der Waals surface area contributed by atoms with Gasteiger partial charge in [-0.1, -0.05) is 30.3 Å². The number of carbonyl (C=O) groups excluding carboxylic acids is 2. The number of hydrogen-bond acceptors (Lipinski definition) is 4. The van der Waals surface area contributed by atoms with Crippen molar-refractivity contribution in [1.29, 1.82) is 0 Å². The lowest BCUT2D eigenvalue weighted by Crippen LogP contribution is -2.37. The standard InChI is InChI=1S/C19H27FN2O4/c1-19(2,3)26-18(24)22-11-15(16(20)12-22)10-21(4)17(23)25-13-14-8-6-5-7-9-14/h5-9,15-16H,10-13H2,1-4H3/t15-,16+/m1/s1. The van der Waals surface area contributed by atoms with Gasteiger partial charge >= 0.3 is 12.2 Å². The average Bonchev–Trinajstić information content (AvgIpc) is 2.93. The van der Waals surface area contributed by atoms with Crippen molar-refractivity contribution in [2.45, 2.75) is 39.2 Å². The molecule has 0 saturated carbocycles. The highest BCUT2D eigenvalue weighted by molar-refractivity contribution is 5.69. The molecule has 2 rings (SSSR count). The summed E-state index contributed by atoms with van der Waals surface area (Å²) in [4.78, 5) is 26.8. The molecule has 0 unspecified atom stereocenters. The Morgan fingerprint density at radius 2 is 1.88 bits per heavy atom. The van der Waals surface area contributed by atoms with Crippen LogP contribution in [-0.2, 0) is 16.1 Å². The Bertz CT molecular complexity index is 618. The Morgan fingerprint density at radius 3 is 2.50 bits per heavy atom. The Kier molecular flexibility index (Phi) is 6.45. The fourth-order valence-electron chi connectivity index (χ4n) is 2.74. The molecular weight excluding hydrogens is 339 g/mol. The minimum absolute atomic E-state index is 0.0213. The van der Waals surface area contributed by atoms with Gasteiger partial charge < -0.3 is 19.3 Å². The van der Waals surface area contributed by atoms with E-state index in [2.05, 4.69) is 0 Å². The lowest BCUT2D eigenvalue weighted by molar-refractivity contribution is 0.0280. The van der Waals surface area contributed by atoms with Crippen molar-refractivity contribution in [3.8, 4) is 0 Å². The van der Waals surface area contributed by atoms with Gasteiger partial charge in [-0.3, -0.25) is 0 Å². The molecule has 2 amide bonds. The van der Waals surface area contributed by atoms with E-state index in [9.17, 15) is 14.0 Å². The number of ether oxygens (including phenoxy) is 2. The number of halogens is 1. The number of nitrogens with zero attached hydrogens (tertiary/aromatic N) is 2. The smallest absolute Gasteiger partial charge is 0.410 e. The van der Waals surface area contributed by atoms with Gasteiger partial charge in [0.1, 0.15) is 18.4 Å². The van der Waals surface area contributed by atoms with E-state index < -0.39 is 29.9 Å². The molecule has 1 heterocycles. The van der Waals surface area contributed by atoms with Gasteiger partial charge in [0, 0.05) is 26.1 Å². The monoisotopic (exact) mass is 366 g/mol. The zero-order valence-electron chi connectivity index (χ0n) is 15.8. The highest BCUT2D eigenvalue weighted by Crippen LogP contribution is 2.23. The molecule has 0 bridgehead atoms. The van der Waals surface area contributed by atoms with E-state index in [0.29, 0.717) is 0 Å². The molecule has 0 spiro atoms. The molecule has 0 aromatic heterocycles. The second-order valence-corrected chi connectivity index (χ2v) is 7.58. The molecule has 1 aliphatic heterocycles. The van der Waals surface area contributed by atoms with Crippen LogP contribution in [-0.4, -0.2) is 60.4 Å². The maximum absolute atomic E-state index is 14.3. The molecule has 1 aromatic rings. The van der Waals surface area contributed by atoms with E-state index in [0.717, 1.165) is 5.56 Å². The number of amides is 2. The lowest BCUT2D eigenvalue weighted by atomic mass is 10.1. The maximum atomic E-state index is 14.3. The largest absolute Gasteiger partial charge is 0.445 e. The zero-order chi connectivity index (χ0) is 19.3. The van der Waals surface area contributed by atoms with Gasteiger partial charge in [0.15, 0.2) is 0 Å². The van der Waals surface area contributed by atoms with E-state index in [1.54, 1.807) is 27.8 Å². The Morgan fingerprint density at radius 1 is 1.23 bits per heavy atom. The fraction of sp³-hybridized carbons (Fsp3) is 0.579. The first kappa shape index (κ1) is 20.0. The van der Waals surface area contributed by atoms with Crippen molar-refractivity contribution in [3.05, 3.63) is 35.9 Å². The van der Waals surface area contributed by atoms with Crippen molar-refractivity contribution in [2.75, 3.05) is 26.7 Å². The predicted molar refractivity (Wildman–Crippen MR) is 95.5 cm³/mol. The summed E-state index contributed by atoms with van der Waals surface area (Å²) < 4.78 is 24.8. The molecular formula is C19H27FN2O4. The Hall–Kier alpha value is -2.31. The quantitative estimate of drug-likeness (QED) is 0.819. The molecule has 1 fully saturated rings. The van der Waals surface area contributed by atoms with Crippen LogP contribution in [0.4, 0.5) is 14.0 Å². The van der Waals surface area contributed by atoms with Crippen molar-refractivity contribution in [1.82, 2.24) is 9.80 Å². The topological polar surface area (TPSA) is 59.1 Å². The summed E-state index contributed by atoms with van der Waals surface area (Å²) in [6, 6.07) is 9.34. The number of alkyl halides is 1. The van der Waals surface area contributed by atoms with Gasteiger partial charge in [-0.05, 0) is 26.3 Å². The van der Waals surface area contributed by atoms with Crippen LogP contribution in [0.3, 0.4) is 0 Å². The van der Waals surface area contributed by atoms with Crippen molar-refractivity contribution < 1.29 is 23.5 Å². The molecule has 144 valence electrons. The van der Waals surface area contributed by atoms with Crippen LogP contribution in [0.5, 0.6) is 0 Å². The molecule has 0 radical (unpaired) electrons. The molecule has 0 N–H and O–H groups in total. The van der Waals surface area contributed by atoms with Gasteiger partial charge in [-0.25, -0.2) is 14.0 Å². The van der Waals surface area contributed by atoms with Crippen LogP contribution >= 0.6 is 0 Å². The van der Waals surface area contributed by atoms with Gasteiger partial charge in [0.25, 0.3) is 0 Å². The highest BCUT2D eigenvalue weighted by atomic mass is 19.1. The van der Waals surface area contributed by atoms with Crippen LogP contribution in [0.15, 0.2) is 30.3 Å². The van der Waals surface area contributed by atoms with E-state index >= 15 is 0 Å². The van der Waals surface area contributed by atoms with Gasteiger partial charge in [0.05, 0.1) is 6.54 Å². The minimum Gasteiger partial charge on any atom is -0.445 e. The SMILES string of the molecule is CN(C[C@@H]1CN(C(=O)OC(C)(C)C)C[C@@H]1F)C(=O)OCc1ccccc1. The lowest BCUT2D eigenvalue weighted by Gasteiger charge is -2.24. The molecule has 0 aliphatic carbocycles. The van der Waals surface area contributed by atoms with Crippen molar-refractivity contribution in [3.63, 3.8) is 0 Å². The predicted octanol–water partition coefficient (Wildman–Crippen LogP) is 3.46. The van der Waals surface area contributed by atoms with E-state index in [-0.39, 0.29) is 26.2 Å². The molecule has 1 aromatic carbocycles. The van der Waals surface area contributed by atoms with Crippen LogP contribution in [0.2, 0.25) is 0 Å². The third-order valence-corrected chi connectivity index (χ3v) is 4.04. The minimum atomic E-state index is -1.20. The molecule has 2 atom stereocenters. The number of likely N-dealkylation sites (tertiary alicyclic amines) is 1. The molecule has 1 aliphatic rings. The third kappa shape index (κ3) is 5.89. The van der Waals surface area contributed by atoms with E-state index in [4.69, 9.17) is 9.47 Å². The summed E-state index contributed by atoms with van der Waals surface area (Å²) in [5.41, 5.74) is 0.258. The number of carbonyl (C=O) groups is 2. The second kappa shape index (κ2) is 8.38. The average molecular weight is 366 g/mol. The molecule has 26 heavy (non-hydrogen) atoms. The summed E-state index contributed by atoms with van der Waals surface area (Å²) in [5, 5.41) is 0. The van der Waals surface area contributed by atoms with Crippen LogP contribution in [0.25, 0.3) is 0 Å². The van der Waals surface area contributed by atoms with Crippen molar-refractivity contribution >= 4 is 12.2 Å². The number of hydrogen-bond donors (Lipinski definition) is 0. The Labute approximate surface area is 153 Å². The normalized spacial score (nSPS) is 20.0. The molecule has 7 heteroatoms. The van der Waals surface area contributed by atoms with E-state index in [1.807, 2.05) is 30.3 Å². The van der Waals surface area contributed by atoms with Gasteiger partial charge in [0.2, 0.25) is 0 Å². The first-order valence-corrected chi connectivity index (χ1v) is 8.69. The summed E-state index contributed by atoms with van der Waals surface area (Å²) in [7, 11) is 1.57. The molecule has 6 nitrogen and oxygen atoms in total. The fourth-order valence-corrected chi connectivity index (χ4v) is 2.74. The second-order valence-electron chi connectivity index (χ2n) is 7.58. The van der Waals surface area contributed by atoms with Crippen LogP contribution in [0.1, 0.15) is 26.3 Å². The van der Waals surface area contributed by atoms with Crippen LogP contribution in [0, 0.1) is 5.92 Å². The third-order valence-electron chi connectivity index (χ3n) is 4.04. The Balaban J connectivity index is 1.81. The van der Waals surface area contributed by atoms with Crippen LogP contribution < -0.4 is 0 Å². The van der Waals surface area contributed by atoms with Gasteiger partial charge in [-0.2, -0.15) is 0 Å². The zero-order valence-corrected chi connectivity index (χ0v) is 15.8. The van der Waals surface area contributed by atoms with Crippen molar-refractivity contribution in [2.24, 2.45) is 5.92 Å². The van der Waals surface area contributed by atoms with Gasteiger partial charge in [-0.15, -0.1) is 0 Å². The van der Waals surface area contributed by atoms with E-state index in [1.165, 1.54) is 9.80 Å². The highest BCUT2D eigenvalue weighted by Gasteiger charge is 2.38. The first-order valence-electron chi connectivity index (χ1n) is 8.69. The first-order chi connectivity index (χ1) is 12.2. The number of rotatable bonds is 4. The maximum Gasteiger partial charge on any atom is 0.410 e. The summed E-state index contributed by atoms with van der Waals surface area (Å²) in [6.07, 6.45) is -2.25.